The number of ether oxygens (including phenoxy) is 1. The Hall–Kier alpha value is -0.770. The van der Waals surface area contributed by atoms with Gasteiger partial charge in [-0.25, -0.2) is 4.98 Å². The molecule has 4 heteroatoms. The van der Waals surface area contributed by atoms with Crippen molar-refractivity contribution in [2.45, 2.75) is 6.92 Å². The Morgan fingerprint density at radius 1 is 1.67 bits per heavy atom. The molecule has 0 fully saturated rings. The maximum absolute atomic E-state index is 5.44. The van der Waals surface area contributed by atoms with Gasteiger partial charge in [-0.3, -0.25) is 0 Å². The van der Waals surface area contributed by atoms with E-state index in [1.165, 1.54) is 0 Å². The number of hydrogen-bond acceptors (Lipinski definition) is 3. The number of halogens is 1. The highest BCUT2D eigenvalue weighted by Crippen LogP contribution is 2.33. The predicted molar refractivity (Wildman–Crippen MR) is 50.7 cm³/mol. The second-order valence-electron chi connectivity index (χ2n) is 2.70. The summed E-state index contributed by atoms with van der Waals surface area (Å²) in [5.74, 6) is 1.67. The molecule has 1 aliphatic rings. The minimum atomic E-state index is 0.705. The third-order valence-corrected chi connectivity index (χ3v) is 2.29. The van der Waals surface area contributed by atoms with E-state index >= 15 is 0 Å². The molecule has 0 spiro atoms. The van der Waals surface area contributed by atoms with Crippen molar-refractivity contribution >= 4 is 21.7 Å². The van der Waals surface area contributed by atoms with Crippen molar-refractivity contribution < 1.29 is 4.74 Å². The lowest BCUT2D eigenvalue weighted by atomic mass is 10.3. The minimum absolute atomic E-state index is 0.705. The van der Waals surface area contributed by atoms with Crippen LogP contribution in [0.25, 0.3) is 0 Å². The van der Waals surface area contributed by atoms with Crippen molar-refractivity contribution in [3.8, 4) is 5.75 Å². The summed E-state index contributed by atoms with van der Waals surface area (Å²) in [6.07, 6.45) is 0. The van der Waals surface area contributed by atoms with Gasteiger partial charge in [0.15, 0.2) is 11.6 Å². The fourth-order valence-corrected chi connectivity index (χ4v) is 1.83. The second kappa shape index (κ2) is 2.94. The van der Waals surface area contributed by atoms with Gasteiger partial charge in [-0.15, -0.1) is 0 Å². The van der Waals surface area contributed by atoms with Crippen LogP contribution >= 0.6 is 15.9 Å². The molecule has 1 N–H and O–H groups in total. The summed E-state index contributed by atoms with van der Waals surface area (Å²) < 4.78 is 6.41. The molecule has 1 aromatic rings. The monoisotopic (exact) mass is 228 g/mol. The molecule has 12 heavy (non-hydrogen) atoms. The Kier molecular flexibility index (Phi) is 1.92. The minimum Gasteiger partial charge on any atom is -0.487 e. The largest absolute Gasteiger partial charge is 0.487 e. The number of aryl methyl sites for hydroxylation is 1. The second-order valence-corrected chi connectivity index (χ2v) is 3.55. The smallest absolute Gasteiger partial charge is 0.175 e. The SMILES string of the molecule is Cc1cc(Br)c2c(n1)NCCO2. The van der Waals surface area contributed by atoms with E-state index in [0.717, 1.165) is 28.3 Å². The zero-order valence-electron chi connectivity index (χ0n) is 6.72. The summed E-state index contributed by atoms with van der Waals surface area (Å²) in [6.45, 7) is 3.49. The summed E-state index contributed by atoms with van der Waals surface area (Å²) in [4.78, 5) is 4.31. The molecule has 1 aromatic heterocycles. The Labute approximate surface area is 79.3 Å². The van der Waals surface area contributed by atoms with Crippen LogP contribution in [-0.2, 0) is 0 Å². The molecule has 1 aliphatic heterocycles. The number of fused-ring (bicyclic) bond motifs is 1. The Bertz CT molecular complexity index is 314. The zero-order chi connectivity index (χ0) is 8.55. The molecule has 0 bridgehead atoms. The third kappa shape index (κ3) is 1.27. The van der Waals surface area contributed by atoms with Crippen molar-refractivity contribution in [3.05, 3.63) is 16.2 Å². The molecule has 0 saturated heterocycles. The van der Waals surface area contributed by atoms with Gasteiger partial charge in [-0.1, -0.05) is 0 Å². The normalized spacial score (nSPS) is 14.5. The molecule has 3 nitrogen and oxygen atoms in total. The Morgan fingerprint density at radius 3 is 3.33 bits per heavy atom. The fourth-order valence-electron chi connectivity index (χ4n) is 1.20. The predicted octanol–water partition coefficient (Wildman–Crippen LogP) is 1.96. The summed E-state index contributed by atoms with van der Waals surface area (Å²) in [7, 11) is 0. The first kappa shape index (κ1) is 7.86. The highest BCUT2D eigenvalue weighted by Gasteiger charge is 2.14. The number of nitrogens with one attached hydrogen (secondary N) is 1. The number of nitrogens with zero attached hydrogens (tertiary/aromatic N) is 1. The summed E-state index contributed by atoms with van der Waals surface area (Å²) in [5.41, 5.74) is 0.985. The number of anilines is 1. The fraction of sp³-hybridized carbons (Fsp3) is 0.375. The van der Waals surface area contributed by atoms with Gasteiger partial charge in [0.2, 0.25) is 0 Å². The van der Waals surface area contributed by atoms with Gasteiger partial charge in [-0.2, -0.15) is 0 Å². The topological polar surface area (TPSA) is 34.2 Å². The molecule has 2 heterocycles. The lowest BCUT2D eigenvalue weighted by Crippen LogP contribution is -2.19. The van der Waals surface area contributed by atoms with Gasteiger partial charge in [-0.05, 0) is 28.9 Å². The van der Waals surface area contributed by atoms with Crippen molar-refractivity contribution in [1.82, 2.24) is 4.98 Å². The standard InChI is InChI=1S/C8H9BrN2O/c1-5-4-6(9)7-8(11-5)10-2-3-12-7/h4H,2-3H2,1H3,(H,10,11). The first-order valence-electron chi connectivity index (χ1n) is 3.81. The zero-order valence-corrected chi connectivity index (χ0v) is 8.31. The first-order chi connectivity index (χ1) is 5.77. The Balaban J connectivity index is 2.53. The maximum atomic E-state index is 5.44. The van der Waals surface area contributed by atoms with E-state index in [-0.39, 0.29) is 0 Å². The van der Waals surface area contributed by atoms with Gasteiger partial charge < -0.3 is 10.1 Å². The lowest BCUT2D eigenvalue weighted by molar-refractivity contribution is 0.319. The van der Waals surface area contributed by atoms with Crippen LogP contribution < -0.4 is 10.1 Å². The van der Waals surface area contributed by atoms with Crippen LogP contribution in [0.1, 0.15) is 5.69 Å². The molecule has 0 aliphatic carbocycles. The molecule has 0 aromatic carbocycles. The average molecular weight is 229 g/mol. The highest BCUT2D eigenvalue weighted by atomic mass is 79.9. The first-order valence-corrected chi connectivity index (χ1v) is 4.60. The van der Waals surface area contributed by atoms with Crippen LogP contribution in [-0.4, -0.2) is 18.1 Å². The van der Waals surface area contributed by atoms with E-state index in [4.69, 9.17) is 4.74 Å². The third-order valence-electron chi connectivity index (χ3n) is 1.70. The van der Waals surface area contributed by atoms with Crippen LogP contribution in [0.5, 0.6) is 5.75 Å². The van der Waals surface area contributed by atoms with E-state index in [0.29, 0.717) is 6.61 Å². The van der Waals surface area contributed by atoms with Crippen LogP contribution in [0.3, 0.4) is 0 Å². The molecule has 64 valence electrons. The molecule has 0 unspecified atom stereocenters. The van der Waals surface area contributed by atoms with Crippen LogP contribution in [0.2, 0.25) is 0 Å². The van der Waals surface area contributed by atoms with Gasteiger partial charge >= 0.3 is 0 Å². The Morgan fingerprint density at radius 2 is 2.50 bits per heavy atom. The molecule has 0 atom stereocenters. The van der Waals surface area contributed by atoms with Crippen molar-refractivity contribution in [3.63, 3.8) is 0 Å². The highest BCUT2D eigenvalue weighted by molar-refractivity contribution is 9.10. The lowest BCUT2D eigenvalue weighted by Gasteiger charge is -2.19. The van der Waals surface area contributed by atoms with Crippen molar-refractivity contribution in [2.24, 2.45) is 0 Å². The number of rotatable bonds is 0. The molecular formula is C8H9BrN2O. The van der Waals surface area contributed by atoms with E-state index < -0.39 is 0 Å². The average Bonchev–Trinajstić information content (AvgIpc) is 2.04. The molecule has 2 rings (SSSR count). The van der Waals surface area contributed by atoms with Crippen LogP contribution in [0.4, 0.5) is 5.82 Å². The quantitative estimate of drug-likeness (QED) is 0.738. The molecule has 0 amide bonds. The van der Waals surface area contributed by atoms with E-state index in [9.17, 15) is 0 Å². The van der Waals surface area contributed by atoms with E-state index in [1.807, 2.05) is 13.0 Å². The van der Waals surface area contributed by atoms with Gasteiger partial charge in [0, 0.05) is 5.69 Å². The van der Waals surface area contributed by atoms with Crippen LogP contribution in [0, 0.1) is 6.92 Å². The number of pyridine rings is 1. The van der Waals surface area contributed by atoms with E-state index in [1.54, 1.807) is 0 Å². The summed E-state index contributed by atoms with van der Waals surface area (Å²) in [6, 6.07) is 1.95. The number of hydrogen-bond donors (Lipinski definition) is 1. The molecule has 0 radical (unpaired) electrons. The van der Waals surface area contributed by atoms with Gasteiger partial charge in [0.1, 0.15) is 6.61 Å². The van der Waals surface area contributed by atoms with Gasteiger partial charge in [0.25, 0.3) is 0 Å². The molecular weight excluding hydrogens is 220 g/mol. The maximum Gasteiger partial charge on any atom is 0.175 e. The van der Waals surface area contributed by atoms with Gasteiger partial charge in [0.05, 0.1) is 11.0 Å². The summed E-state index contributed by atoms with van der Waals surface area (Å²) in [5, 5.41) is 3.18. The van der Waals surface area contributed by atoms with Crippen LogP contribution in [0.15, 0.2) is 10.5 Å². The number of aromatic nitrogens is 1. The summed E-state index contributed by atoms with van der Waals surface area (Å²) >= 11 is 3.43. The molecule has 0 saturated carbocycles. The van der Waals surface area contributed by atoms with Crippen molar-refractivity contribution in [1.29, 1.82) is 0 Å². The van der Waals surface area contributed by atoms with Crippen molar-refractivity contribution in [2.75, 3.05) is 18.5 Å². The van der Waals surface area contributed by atoms with E-state index in [2.05, 4.69) is 26.2 Å².